The van der Waals surface area contributed by atoms with E-state index in [-0.39, 0.29) is 33.0 Å². The number of fused-ring (bicyclic) bond motifs is 1. The van der Waals surface area contributed by atoms with Crippen molar-refractivity contribution in [3.63, 3.8) is 0 Å². The molecule has 1 heterocycles. The molecule has 0 unspecified atom stereocenters. The summed E-state index contributed by atoms with van der Waals surface area (Å²) >= 11 is 11.5. The Morgan fingerprint density at radius 2 is 1.39 bits per heavy atom. The minimum atomic E-state index is -5.19. The standard InChI is InChI=1S/C21H16Cl2N6O13S4/c22-19-25-20(23)27-21(26-19)24-14-9-13(44(33,34)35)7-10-8-15(45(36,37)38)17(18(30)16(10)14)29-28-11-1-3-12(4-2-11)43(31,32)6-5-42-46(39,40)41/h1-4,7-9,30H,5-6H2,(H,33,34,35)(H,36,37,38)(H,39,40,41)(H,24,25,26,27). The molecule has 4 aromatic rings. The largest absolute Gasteiger partial charge is 0.505 e. The number of phenols is 1. The highest BCUT2D eigenvalue weighted by molar-refractivity contribution is 7.91. The summed E-state index contributed by atoms with van der Waals surface area (Å²) in [5.74, 6) is -2.18. The highest BCUT2D eigenvalue weighted by atomic mass is 35.5. The number of aromatic nitrogens is 3. The van der Waals surface area contributed by atoms with Crippen LogP contribution in [0, 0.1) is 0 Å². The lowest BCUT2D eigenvalue weighted by Gasteiger charge is -2.15. The number of aromatic hydroxyl groups is 1. The number of sulfone groups is 1. The molecule has 0 aliphatic carbocycles. The monoisotopic (exact) mass is 758 g/mol. The van der Waals surface area contributed by atoms with E-state index in [9.17, 15) is 47.9 Å². The van der Waals surface area contributed by atoms with E-state index in [4.69, 9.17) is 27.8 Å². The van der Waals surface area contributed by atoms with Gasteiger partial charge in [-0.1, -0.05) is 0 Å². The predicted octanol–water partition coefficient (Wildman–Crippen LogP) is 3.28. The van der Waals surface area contributed by atoms with Gasteiger partial charge < -0.3 is 10.4 Å². The van der Waals surface area contributed by atoms with Crippen molar-refractivity contribution in [3.05, 3.63) is 53.0 Å². The third-order valence-corrected chi connectivity index (χ3v) is 9.77. The Morgan fingerprint density at radius 3 is 1.93 bits per heavy atom. The van der Waals surface area contributed by atoms with Crippen molar-refractivity contribution in [2.75, 3.05) is 17.7 Å². The summed E-state index contributed by atoms with van der Waals surface area (Å²) in [7, 11) is -19.1. The number of anilines is 2. The number of halogens is 2. The maximum atomic E-state index is 12.4. The first-order valence-electron chi connectivity index (χ1n) is 11.6. The van der Waals surface area contributed by atoms with Gasteiger partial charge in [0.1, 0.15) is 10.6 Å². The molecule has 0 amide bonds. The zero-order valence-electron chi connectivity index (χ0n) is 22.0. The number of benzene rings is 3. The maximum Gasteiger partial charge on any atom is 0.397 e. The van der Waals surface area contributed by atoms with E-state index in [1.807, 2.05) is 0 Å². The summed E-state index contributed by atoms with van der Waals surface area (Å²) in [4.78, 5) is 8.90. The van der Waals surface area contributed by atoms with Crippen molar-refractivity contribution in [2.45, 2.75) is 14.7 Å². The van der Waals surface area contributed by atoms with E-state index < -0.39 is 84.6 Å². The molecule has 0 saturated carbocycles. The van der Waals surface area contributed by atoms with Crippen LogP contribution in [0.5, 0.6) is 5.75 Å². The maximum absolute atomic E-state index is 12.4. The smallest absolute Gasteiger partial charge is 0.397 e. The van der Waals surface area contributed by atoms with Gasteiger partial charge in [-0.15, -0.1) is 5.11 Å². The van der Waals surface area contributed by atoms with Crippen LogP contribution in [-0.2, 0) is 44.7 Å². The van der Waals surface area contributed by atoms with Crippen LogP contribution >= 0.6 is 23.2 Å². The lowest BCUT2D eigenvalue weighted by Crippen LogP contribution is -2.15. The number of nitrogens with zero attached hydrogens (tertiary/aromatic N) is 5. The van der Waals surface area contributed by atoms with E-state index in [0.29, 0.717) is 0 Å². The lowest BCUT2D eigenvalue weighted by atomic mass is 10.1. The molecule has 246 valence electrons. The van der Waals surface area contributed by atoms with Crippen molar-refractivity contribution in [1.29, 1.82) is 0 Å². The number of phenolic OH excluding ortho intramolecular Hbond substituents is 1. The molecule has 1 aromatic heterocycles. The van der Waals surface area contributed by atoms with Gasteiger partial charge in [0.25, 0.3) is 20.2 Å². The molecule has 0 saturated heterocycles. The molecule has 3 aromatic carbocycles. The van der Waals surface area contributed by atoms with Crippen LogP contribution in [0.15, 0.2) is 67.4 Å². The minimum Gasteiger partial charge on any atom is -0.505 e. The van der Waals surface area contributed by atoms with Gasteiger partial charge in [-0.25, -0.2) is 12.6 Å². The van der Waals surface area contributed by atoms with Gasteiger partial charge in [-0.3, -0.25) is 13.7 Å². The van der Waals surface area contributed by atoms with Gasteiger partial charge in [-0.2, -0.15) is 45.3 Å². The van der Waals surface area contributed by atoms with Gasteiger partial charge in [0, 0.05) is 5.39 Å². The predicted molar refractivity (Wildman–Crippen MR) is 159 cm³/mol. The first kappa shape index (κ1) is 35.2. The summed E-state index contributed by atoms with van der Waals surface area (Å²) in [5.41, 5.74) is -1.32. The van der Waals surface area contributed by atoms with E-state index in [0.717, 1.165) is 42.5 Å². The molecule has 19 nitrogen and oxygen atoms in total. The first-order chi connectivity index (χ1) is 21.1. The summed E-state index contributed by atoms with van der Waals surface area (Å²) < 4.78 is 127. The van der Waals surface area contributed by atoms with E-state index >= 15 is 0 Å². The Morgan fingerprint density at radius 1 is 0.783 bits per heavy atom. The second kappa shape index (κ2) is 12.9. The van der Waals surface area contributed by atoms with E-state index in [1.54, 1.807) is 0 Å². The lowest BCUT2D eigenvalue weighted by molar-refractivity contribution is 0.284. The van der Waals surface area contributed by atoms with Gasteiger partial charge in [0.2, 0.25) is 16.5 Å². The Kier molecular flexibility index (Phi) is 9.84. The fourth-order valence-corrected chi connectivity index (χ4v) is 6.75. The molecule has 0 aliphatic rings. The first-order valence-corrected chi connectivity index (χ1v) is 18.3. The highest BCUT2D eigenvalue weighted by Crippen LogP contribution is 2.45. The fraction of sp³-hybridized carbons (Fsp3) is 0.0952. The van der Waals surface area contributed by atoms with Crippen LogP contribution in [0.2, 0.25) is 10.6 Å². The number of hydrogen-bond donors (Lipinski definition) is 5. The zero-order chi connectivity index (χ0) is 34.2. The number of nitrogens with one attached hydrogen (secondary N) is 1. The van der Waals surface area contributed by atoms with Crippen molar-refractivity contribution < 1.29 is 56.6 Å². The quantitative estimate of drug-likeness (QED) is 0.108. The van der Waals surface area contributed by atoms with Crippen LogP contribution in [0.4, 0.5) is 23.0 Å². The average Bonchev–Trinajstić information content (AvgIpc) is 2.90. The molecule has 0 fully saturated rings. The molecule has 25 heteroatoms. The van der Waals surface area contributed by atoms with E-state index in [1.165, 1.54) is 0 Å². The van der Waals surface area contributed by atoms with Crippen molar-refractivity contribution in [3.8, 4) is 5.75 Å². The SMILES string of the molecule is O=S(=O)(O)OCCS(=O)(=O)c1ccc(N=Nc2c(S(=O)(=O)O)cc3cc(S(=O)(=O)O)cc(Nc4nc(Cl)nc(Cl)n4)c3c2O)cc1. The normalized spacial score (nSPS) is 13.0. The van der Waals surface area contributed by atoms with Crippen LogP contribution in [0.25, 0.3) is 10.8 Å². The summed E-state index contributed by atoms with van der Waals surface area (Å²) in [6, 6.07) is 6.58. The van der Waals surface area contributed by atoms with Gasteiger partial charge in [-0.05, 0) is 71.1 Å². The molecular formula is C21H16Cl2N6O13S4. The second-order valence-electron chi connectivity index (χ2n) is 8.68. The van der Waals surface area contributed by atoms with Crippen molar-refractivity contribution in [2.24, 2.45) is 10.2 Å². The van der Waals surface area contributed by atoms with Gasteiger partial charge in [0.05, 0.1) is 33.5 Å². The molecule has 5 N–H and O–H groups in total. The topological polar surface area (TPSA) is 302 Å². The number of rotatable bonds is 11. The Labute approximate surface area is 269 Å². The van der Waals surface area contributed by atoms with Crippen LogP contribution in [-0.4, -0.2) is 79.7 Å². The number of hydrogen-bond acceptors (Lipinski definition) is 16. The highest BCUT2D eigenvalue weighted by Gasteiger charge is 2.26. The molecule has 0 spiro atoms. The third kappa shape index (κ3) is 8.58. The Bertz CT molecular complexity index is 2320. The van der Waals surface area contributed by atoms with Crippen LogP contribution in [0.3, 0.4) is 0 Å². The molecule has 0 atom stereocenters. The fourth-order valence-electron chi connectivity index (χ4n) is 3.70. The van der Waals surface area contributed by atoms with Crippen LogP contribution in [0.1, 0.15) is 0 Å². The Balaban J connectivity index is 1.83. The Hall–Kier alpha value is -3.65. The molecule has 46 heavy (non-hydrogen) atoms. The second-order valence-corrected chi connectivity index (χ2v) is 15.4. The van der Waals surface area contributed by atoms with Crippen molar-refractivity contribution >= 4 is 97.5 Å². The minimum absolute atomic E-state index is 0.108. The average molecular weight is 760 g/mol. The summed E-state index contributed by atoms with van der Waals surface area (Å²) in [6.07, 6.45) is 0. The molecule has 0 aliphatic heterocycles. The zero-order valence-corrected chi connectivity index (χ0v) is 26.8. The summed E-state index contributed by atoms with van der Waals surface area (Å²) in [6.45, 7) is -0.877. The molecule has 0 radical (unpaired) electrons. The van der Waals surface area contributed by atoms with Crippen LogP contribution < -0.4 is 5.32 Å². The third-order valence-electron chi connectivity index (χ3n) is 5.57. The van der Waals surface area contributed by atoms with Crippen molar-refractivity contribution in [1.82, 2.24) is 15.0 Å². The molecular weight excluding hydrogens is 743 g/mol. The molecule has 0 bridgehead atoms. The number of azo groups is 1. The molecule has 4 rings (SSSR count). The van der Waals surface area contributed by atoms with E-state index in [2.05, 4.69) is 34.7 Å². The van der Waals surface area contributed by atoms with Gasteiger partial charge >= 0.3 is 10.4 Å². The van der Waals surface area contributed by atoms with Gasteiger partial charge in [0.15, 0.2) is 15.6 Å². The summed E-state index contributed by atoms with van der Waals surface area (Å²) in [5, 5.41) is 19.7.